The second-order valence-electron chi connectivity index (χ2n) is 15.9. The van der Waals surface area contributed by atoms with Crippen molar-refractivity contribution in [1.82, 2.24) is 9.55 Å². The van der Waals surface area contributed by atoms with Crippen molar-refractivity contribution in [2.45, 2.75) is 16.7 Å². The molecule has 286 valence electrons. The minimum Gasteiger partial charge on any atom is -0.308 e. The summed E-state index contributed by atoms with van der Waals surface area (Å²) in [6, 6.07) is 77.3. The first kappa shape index (κ1) is 35.5. The van der Waals surface area contributed by atoms with Crippen LogP contribution < -0.4 is 0 Å². The van der Waals surface area contributed by atoms with Crippen molar-refractivity contribution in [1.29, 1.82) is 0 Å². The van der Waals surface area contributed by atoms with E-state index in [1.165, 1.54) is 91.4 Å². The quantitative estimate of drug-likeness (QED) is 0.156. The third-order valence-electron chi connectivity index (χ3n) is 12.3. The zero-order valence-corrected chi connectivity index (χ0v) is 34.3. The molecule has 2 aromatic heterocycles. The molecule has 0 N–H and O–H groups in total. The molecule has 0 saturated heterocycles. The molecule has 0 amide bonds. The molecule has 10 aromatic carbocycles. The summed E-state index contributed by atoms with van der Waals surface area (Å²) in [5.74, 6) is 0. The van der Waals surface area contributed by atoms with Gasteiger partial charge in [0.05, 0.1) is 28.1 Å². The van der Waals surface area contributed by atoms with Crippen LogP contribution in [0.1, 0.15) is 5.56 Å². The number of pyridine rings is 1. The Hall–Kier alpha value is -7.46. The summed E-state index contributed by atoms with van der Waals surface area (Å²) < 4.78 is 2.55. The normalized spacial score (nSPS) is 11.8. The first-order valence-corrected chi connectivity index (χ1v) is 21.7. The highest BCUT2D eigenvalue weighted by Gasteiger charge is 2.24. The van der Waals surface area contributed by atoms with Crippen LogP contribution in [0.25, 0.3) is 104 Å². The van der Waals surface area contributed by atoms with Crippen molar-refractivity contribution in [2.75, 3.05) is 0 Å². The Labute approximate surface area is 358 Å². The number of fused-ring (bicyclic) bond motifs is 11. The van der Waals surface area contributed by atoms with E-state index in [0.717, 1.165) is 28.2 Å². The van der Waals surface area contributed by atoms with Crippen LogP contribution in [-0.4, -0.2) is 9.55 Å². The van der Waals surface area contributed by atoms with Crippen LogP contribution in [0, 0.1) is 6.92 Å². The second-order valence-corrected chi connectivity index (χ2v) is 16.9. The minimum absolute atomic E-state index is 0.939. The van der Waals surface area contributed by atoms with Crippen molar-refractivity contribution in [3.05, 3.63) is 218 Å². The first-order valence-electron chi connectivity index (χ1n) is 20.9. The summed E-state index contributed by atoms with van der Waals surface area (Å²) >= 11 is 1.89. The number of benzene rings is 10. The van der Waals surface area contributed by atoms with Gasteiger partial charge in [-0.25, -0.2) is 4.98 Å². The molecule has 0 saturated carbocycles. The Bertz CT molecular complexity index is 3620. The first-order chi connectivity index (χ1) is 30.2. The Morgan fingerprint density at radius 2 is 0.902 bits per heavy atom. The molecule has 0 radical (unpaired) electrons. The van der Waals surface area contributed by atoms with Crippen LogP contribution in [0.5, 0.6) is 0 Å². The van der Waals surface area contributed by atoms with Crippen LogP contribution in [0.3, 0.4) is 0 Å². The Balaban J connectivity index is 1.21. The molecular weight excluding hydrogens is 757 g/mol. The van der Waals surface area contributed by atoms with Gasteiger partial charge in [0.25, 0.3) is 0 Å². The second kappa shape index (κ2) is 14.4. The molecule has 3 heteroatoms. The molecule has 0 aliphatic rings. The SMILES string of the molecule is Cc1cccc(-c2cccc3ccccc23)c1Sc1cc2c3c4ccccc4c4ccccc4c3n(-c3cc(-c4ccccc4)nc(-c4ccccc4)c3)c2c2ccccc12. The molecule has 2 heterocycles. The van der Waals surface area contributed by atoms with Crippen LogP contribution in [0.15, 0.2) is 222 Å². The van der Waals surface area contributed by atoms with Crippen molar-refractivity contribution >= 4 is 76.7 Å². The van der Waals surface area contributed by atoms with Gasteiger partial charge >= 0.3 is 0 Å². The fourth-order valence-corrected chi connectivity index (χ4v) is 10.8. The summed E-state index contributed by atoms with van der Waals surface area (Å²) in [6.45, 7) is 2.25. The highest BCUT2D eigenvalue weighted by atomic mass is 32.2. The topological polar surface area (TPSA) is 17.8 Å². The highest BCUT2D eigenvalue weighted by molar-refractivity contribution is 7.99. The number of rotatable bonds is 6. The van der Waals surface area contributed by atoms with E-state index in [-0.39, 0.29) is 0 Å². The number of hydrogen-bond donors (Lipinski definition) is 0. The monoisotopic (exact) mass is 794 g/mol. The lowest BCUT2D eigenvalue weighted by molar-refractivity contribution is 1.17. The van der Waals surface area contributed by atoms with E-state index < -0.39 is 0 Å². The summed E-state index contributed by atoms with van der Waals surface area (Å²) in [6.07, 6.45) is 0. The molecule has 12 aromatic rings. The van der Waals surface area contributed by atoms with Crippen molar-refractivity contribution in [3.63, 3.8) is 0 Å². The van der Waals surface area contributed by atoms with E-state index in [9.17, 15) is 0 Å². The Morgan fingerprint density at radius 3 is 1.59 bits per heavy atom. The molecule has 0 unspecified atom stereocenters. The summed E-state index contributed by atoms with van der Waals surface area (Å²) in [5.41, 5.74) is 11.3. The van der Waals surface area contributed by atoms with E-state index in [1.54, 1.807) is 0 Å². The van der Waals surface area contributed by atoms with Gasteiger partial charge in [0.15, 0.2) is 0 Å². The molecule has 0 aliphatic carbocycles. The van der Waals surface area contributed by atoms with Gasteiger partial charge in [-0.3, -0.25) is 0 Å². The number of aromatic nitrogens is 2. The lowest BCUT2D eigenvalue weighted by atomic mass is 9.96. The van der Waals surface area contributed by atoms with E-state index in [1.807, 2.05) is 11.8 Å². The van der Waals surface area contributed by atoms with Gasteiger partial charge in [0.1, 0.15) is 0 Å². The van der Waals surface area contributed by atoms with Crippen molar-refractivity contribution in [3.8, 4) is 39.3 Å². The third kappa shape index (κ3) is 5.77. The van der Waals surface area contributed by atoms with E-state index in [0.29, 0.717) is 0 Å². The molecule has 0 bridgehead atoms. The molecule has 2 nitrogen and oxygen atoms in total. The number of aryl methyl sites for hydroxylation is 1. The number of hydrogen-bond acceptors (Lipinski definition) is 2. The van der Waals surface area contributed by atoms with Crippen LogP contribution >= 0.6 is 11.8 Å². The standard InChI is InChI=1S/C58H38N2S/c1-37-18-16-33-50(43-32-17-24-38-19-8-9-25-42(38)43)58(37)61-54-36-51-55-47-29-13-10-26-44(47)45-27-11-14-30-48(45)57(55)60(56(51)49-31-15-12-28-46(49)54)41-34-52(39-20-4-2-5-21-39)59-53(35-41)40-22-6-3-7-23-40/h2-36H,1H3. The van der Waals surface area contributed by atoms with Crippen LogP contribution in [0.2, 0.25) is 0 Å². The Kier molecular flexibility index (Phi) is 8.36. The van der Waals surface area contributed by atoms with Crippen molar-refractivity contribution < 1.29 is 0 Å². The smallest absolute Gasteiger partial charge is 0.0730 e. The molecule has 0 aliphatic heterocycles. The van der Waals surface area contributed by atoms with E-state index in [4.69, 9.17) is 4.98 Å². The molecule has 0 spiro atoms. The maximum absolute atomic E-state index is 5.32. The van der Waals surface area contributed by atoms with Crippen LogP contribution in [0.4, 0.5) is 0 Å². The van der Waals surface area contributed by atoms with Crippen LogP contribution in [-0.2, 0) is 0 Å². The van der Waals surface area contributed by atoms with Gasteiger partial charge in [-0.05, 0) is 74.1 Å². The third-order valence-corrected chi connectivity index (χ3v) is 13.6. The van der Waals surface area contributed by atoms with Gasteiger partial charge in [-0.15, -0.1) is 0 Å². The number of nitrogens with zero attached hydrogens (tertiary/aromatic N) is 2. The van der Waals surface area contributed by atoms with Gasteiger partial charge in [0.2, 0.25) is 0 Å². The molecule has 0 atom stereocenters. The lowest BCUT2D eigenvalue weighted by Crippen LogP contribution is -1.99. The maximum atomic E-state index is 5.32. The lowest BCUT2D eigenvalue weighted by Gasteiger charge is -2.17. The zero-order valence-electron chi connectivity index (χ0n) is 33.5. The predicted octanol–water partition coefficient (Wildman–Crippen LogP) is 16.3. The van der Waals surface area contributed by atoms with Crippen molar-refractivity contribution in [2.24, 2.45) is 0 Å². The maximum Gasteiger partial charge on any atom is 0.0730 e. The summed E-state index contributed by atoms with van der Waals surface area (Å²) in [5, 5.41) is 12.4. The van der Waals surface area contributed by atoms with Gasteiger partial charge < -0.3 is 4.57 Å². The highest BCUT2D eigenvalue weighted by Crippen LogP contribution is 2.49. The fourth-order valence-electron chi connectivity index (χ4n) is 9.57. The average molecular weight is 795 g/mol. The molecule has 0 fully saturated rings. The van der Waals surface area contributed by atoms with E-state index >= 15 is 0 Å². The minimum atomic E-state index is 0.939. The van der Waals surface area contributed by atoms with Gasteiger partial charge in [-0.2, -0.15) is 0 Å². The Morgan fingerprint density at radius 1 is 0.393 bits per heavy atom. The largest absolute Gasteiger partial charge is 0.308 e. The average Bonchev–Trinajstić information content (AvgIpc) is 3.68. The fraction of sp³-hybridized carbons (Fsp3) is 0.0172. The molecule has 61 heavy (non-hydrogen) atoms. The van der Waals surface area contributed by atoms with Gasteiger partial charge in [-0.1, -0.05) is 206 Å². The van der Waals surface area contributed by atoms with E-state index in [2.05, 4.69) is 224 Å². The zero-order chi connectivity index (χ0) is 40.4. The molecule has 12 rings (SSSR count). The predicted molar refractivity (Wildman–Crippen MR) is 260 cm³/mol. The van der Waals surface area contributed by atoms with Gasteiger partial charge in [0, 0.05) is 42.5 Å². The summed E-state index contributed by atoms with van der Waals surface area (Å²) in [7, 11) is 0. The molecular formula is C58H38N2S. The summed E-state index contributed by atoms with van der Waals surface area (Å²) in [4.78, 5) is 7.83.